The summed E-state index contributed by atoms with van der Waals surface area (Å²) in [5, 5.41) is 8.54. The molecule has 0 heterocycles. The van der Waals surface area contributed by atoms with E-state index in [2.05, 4.69) is 19.1 Å². The Bertz CT molecular complexity index is 284. The van der Waals surface area contributed by atoms with Crippen LogP contribution in [0.2, 0.25) is 0 Å². The molecule has 0 spiro atoms. The third-order valence-electron chi connectivity index (χ3n) is 4.65. The van der Waals surface area contributed by atoms with Gasteiger partial charge in [-0.15, -0.1) is 0 Å². The average Bonchev–Trinajstić information content (AvgIpc) is 2.56. The molecule has 24 heavy (non-hydrogen) atoms. The number of rotatable bonds is 19. The number of unbranched alkanes of at least 4 members (excludes halogenated alkanes) is 15. The highest BCUT2D eigenvalue weighted by atomic mass is 16.4. The summed E-state index contributed by atoms with van der Waals surface area (Å²) in [6, 6.07) is 0. The molecule has 0 aliphatic carbocycles. The van der Waals surface area contributed by atoms with E-state index in [0.29, 0.717) is 6.42 Å². The van der Waals surface area contributed by atoms with Gasteiger partial charge in [-0.05, 0) is 32.1 Å². The molecular formula is C22H42O2. The lowest BCUT2D eigenvalue weighted by Crippen LogP contribution is -1.93. The highest BCUT2D eigenvalue weighted by Gasteiger charge is 1.95. The van der Waals surface area contributed by atoms with Gasteiger partial charge in [-0.1, -0.05) is 96.1 Å². The van der Waals surface area contributed by atoms with Crippen molar-refractivity contribution in [3.05, 3.63) is 12.2 Å². The van der Waals surface area contributed by atoms with Crippen LogP contribution in [-0.2, 0) is 4.79 Å². The van der Waals surface area contributed by atoms with Gasteiger partial charge >= 0.3 is 5.97 Å². The van der Waals surface area contributed by atoms with Crippen LogP contribution in [0.4, 0.5) is 0 Å². The van der Waals surface area contributed by atoms with E-state index in [1.165, 1.54) is 83.5 Å². The van der Waals surface area contributed by atoms with Crippen molar-refractivity contribution >= 4 is 5.97 Å². The summed E-state index contributed by atoms with van der Waals surface area (Å²) in [6.07, 6.45) is 27.1. The van der Waals surface area contributed by atoms with E-state index in [4.69, 9.17) is 5.11 Å². The summed E-state index contributed by atoms with van der Waals surface area (Å²) in [6.45, 7) is 2.28. The average molecular weight is 339 g/mol. The topological polar surface area (TPSA) is 37.3 Å². The first-order valence-corrected chi connectivity index (χ1v) is 10.6. The summed E-state index contributed by atoms with van der Waals surface area (Å²) >= 11 is 0. The van der Waals surface area contributed by atoms with Crippen molar-refractivity contribution in [1.29, 1.82) is 0 Å². The first kappa shape index (κ1) is 23.2. The second-order valence-electron chi connectivity index (χ2n) is 7.14. The Morgan fingerprint density at radius 2 is 1.00 bits per heavy atom. The zero-order valence-corrected chi connectivity index (χ0v) is 16.2. The molecule has 0 saturated heterocycles. The van der Waals surface area contributed by atoms with Gasteiger partial charge in [0, 0.05) is 6.42 Å². The fourth-order valence-electron chi connectivity index (χ4n) is 3.05. The lowest BCUT2D eigenvalue weighted by Gasteiger charge is -2.02. The molecule has 0 aliphatic rings. The second-order valence-corrected chi connectivity index (χ2v) is 7.14. The van der Waals surface area contributed by atoms with E-state index in [9.17, 15) is 4.79 Å². The number of carboxylic acids is 1. The zero-order chi connectivity index (χ0) is 17.7. The van der Waals surface area contributed by atoms with Gasteiger partial charge in [0.25, 0.3) is 0 Å². The molecule has 0 aromatic carbocycles. The molecule has 0 fully saturated rings. The fraction of sp³-hybridized carbons (Fsp3) is 0.864. The fourth-order valence-corrected chi connectivity index (χ4v) is 3.05. The molecule has 0 aliphatic heterocycles. The Hall–Kier alpha value is -0.790. The van der Waals surface area contributed by atoms with E-state index in [1.807, 2.05) is 0 Å². The quantitative estimate of drug-likeness (QED) is 0.194. The first-order chi connectivity index (χ1) is 11.8. The predicted octanol–water partition coefficient (Wildman–Crippen LogP) is 7.67. The van der Waals surface area contributed by atoms with E-state index in [-0.39, 0.29) is 0 Å². The Balaban J connectivity index is 3.06. The maximum Gasteiger partial charge on any atom is 0.303 e. The van der Waals surface area contributed by atoms with E-state index >= 15 is 0 Å². The van der Waals surface area contributed by atoms with Gasteiger partial charge in [-0.2, -0.15) is 0 Å². The van der Waals surface area contributed by atoms with Gasteiger partial charge in [-0.3, -0.25) is 4.79 Å². The Kier molecular flexibility index (Phi) is 19.6. The molecule has 2 heteroatoms. The van der Waals surface area contributed by atoms with E-state index in [0.717, 1.165) is 25.7 Å². The number of hydrogen-bond donors (Lipinski definition) is 1. The third kappa shape index (κ3) is 21.2. The molecule has 0 rings (SSSR count). The van der Waals surface area contributed by atoms with Crippen LogP contribution in [0, 0.1) is 0 Å². The van der Waals surface area contributed by atoms with Crippen LogP contribution in [0.1, 0.15) is 122 Å². The zero-order valence-electron chi connectivity index (χ0n) is 16.2. The van der Waals surface area contributed by atoms with Crippen molar-refractivity contribution in [2.45, 2.75) is 122 Å². The van der Waals surface area contributed by atoms with Gasteiger partial charge in [0.05, 0.1) is 0 Å². The van der Waals surface area contributed by atoms with Gasteiger partial charge in [0.15, 0.2) is 0 Å². The Labute approximate surface area is 151 Å². The minimum atomic E-state index is -0.669. The molecule has 1 N–H and O–H groups in total. The molecule has 0 radical (unpaired) electrons. The maximum absolute atomic E-state index is 10.4. The number of carbonyl (C=O) groups is 1. The highest BCUT2D eigenvalue weighted by molar-refractivity contribution is 5.66. The normalized spacial score (nSPS) is 11.4. The summed E-state index contributed by atoms with van der Waals surface area (Å²) in [4.78, 5) is 10.4. The van der Waals surface area contributed by atoms with Crippen molar-refractivity contribution in [1.82, 2.24) is 0 Å². The third-order valence-corrected chi connectivity index (χ3v) is 4.65. The minimum absolute atomic E-state index is 0.322. The first-order valence-electron chi connectivity index (χ1n) is 10.6. The Morgan fingerprint density at radius 1 is 0.625 bits per heavy atom. The maximum atomic E-state index is 10.4. The standard InChI is InChI=1S/C22H42O2/c1-2-3-4-5-6-7-8-9-10-11-12-13-14-15-16-17-18-19-20-21-22(23)24/h15-16H,2-14,17-21H2,1H3,(H,23,24)/b16-15-. The van der Waals surface area contributed by atoms with Crippen LogP contribution in [0.15, 0.2) is 12.2 Å². The summed E-state index contributed by atoms with van der Waals surface area (Å²) in [5.74, 6) is -0.669. The van der Waals surface area contributed by atoms with Gasteiger partial charge in [0.1, 0.15) is 0 Å². The van der Waals surface area contributed by atoms with E-state index < -0.39 is 5.97 Å². The molecule has 0 amide bonds. The molecule has 0 saturated carbocycles. The highest BCUT2D eigenvalue weighted by Crippen LogP contribution is 2.12. The monoisotopic (exact) mass is 338 g/mol. The lowest BCUT2D eigenvalue weighted by atomic mass is 10.0. The van der Waals surface area contributed by atoms with Crippen LogP contribution >= 0.6 is 0 Å². The Morgan fingerprint density at radius 3 is 1.42 bits per heavy atom. The predicted molar refractivity (Wildman–Crippen MR) is 106 cm³/mol. The van der Waals surface area contributed by atoms with E-state index in [1.54, 1.807) is 0 Å². The summed E-state index contributed by atoms with van der Waals surface area (Å²) in [7, 11) is 0. The second kappa shape index (κ2) is 20.3. The summed E-state index contributed by atoms with van der Waals surface area (Å²) in [5.41, 5.74) is 0. The lowest BCUT2D eigenvalue weighted by molar-refractivity contribution is -0.137. The molecular weight excluding hydrogens is 296 g/mol. The number of aliphatic carboxylic acids is 1. The summed E-state index contributed by atoms with van der Waals surface area (Å²) < 4.78 is 0. The number of carboxylic acid groups (broad SMARTS) is 1. The van der Waals surface area contributed by atoms with Crippen LogP contribution in [0.25, 0.3) is 0 Å². The van der Waals surface area contributed by atoms with Crippen LogP contribution < -0.4 is 0 Å². The van der Waals surface area contributed by atoms with Crippen molar-refractivity contribution < 1.29 is 9.90 Å². The van der Waals surface area contributed by atoms with Crippen molar-refractivity contribution in [3.8, 4) is 0 Å². The number of allylic oxidation sites excluding steroid dienone is 2. The van der Waals surface area contributed by atoms with Crippen LogP contribution in [-0.4, -0.2) is 11.1 Å². The minimum Gasteiger partial charge on any atom is -0.481 e. The van der Waals surface area contributed by atoms with Gasteiger partial charge < -0.3 is 5.11 Å². The van der Waals surface area contributed by atoms with Crippen molar-refractivity contribution in [2.24, 2.45) is 0 Å². The molecule has 0 unspecified atom stereocenters. The van der Waals surface area contributed by atoms with Crippen LogP contribution in [0.5, 0.6) is 0 Å². The van der Waals surface area contributed by atoms with Gasteiger partial charge in [0.2, 0.25) is 0 Å². The molecule has 2 nitrogen and oxygen atoms in total. The van der Waals surface area contributed by atoms with Crippen molar-refractivity contribution in [2.75, 3.05) is 0 Å². The number of hydrogen-bond acceptors (Lipinski definition) is 1. The molecule has 0 aromatic heterocycles. The molecule has 142 valence electrons. The molecule has 0 bridgehead atoms. The largest absolute Gasteiger partial charge is 0.481 e. The van der Waals surface area contributed by atoms with Gasteiger partial charge in [-0.25, -0.2) is 0 Å². The smallest absolute Gasteiger partial charge is 0.303 e. The van der Waals surface area contributed by atoms with Crippen molar-refractivity contribution in [3.63, 3.8) is 0 Å². The molecule has 0 aromatic rings. The SMILES string of the molecule is CCCCCCCCCCCCCC/C=C\CCCCCC(=O)O. The molecule has 0 atom stereocenters. The van der Waals surface area contributed by atoms with Crippen LogP contribution in [0.3, 0.4) is 0 Å².